The Labute approximate surface area is 184 Å². The van der Waals surface area contributed by atoms with Crippen molar-refractivity contribution in [3.63, 3.8) is 0 Å². The molecule has 4 rings (SSSR count). The Kier molecular flexibility index (Phi) is 5.95. The summed E-state index contributed by atoms with van der Waals surface area (Å²) in [4.78, 5) is 11.9. The Morgan fingerprint density at radius 3 is 2.21 bits per heavy atom. The molecule has 0 unspecified atom stereocenters. The van der Waals surface area contributed by atoms with Crippen molar-refractivity contribution < 1.29 is 41.4 Å². The second-order valence-corrected chi connectivity index (χ2v) is 6.92. The van der Waals surface area contributed by atoms with Gasteiger partial charge in [-0.1, -0.05) is 30.3 Å². The number of carbonyl (C=O) groups is 1. The van der Waals surface area contributed by atoms with E-state index in [1.54, 1.807) is 30.3 Å². The van der Waals surface area contributed by atoms with Crippen LogP contribution in [0.3, 0.4) is 0 Å². The summed E-state index contributed by atoms with van der Waals surface area (Å²) in [5, 5.41) is 9.91. The average Bonchev–Trinajstić information content (AvgIpc) is 3.20. The molecule has 1 aromatic heterocycles. The Hall–Kier alpha value is -4.01. The van der Waals surface area contributed by atoms with Gasteiger partial charge in [0.05, 0.1) is 12.2 Å². The first-order valence-electron chi connectivity index (χ1n) is 9.79. The van der Waals surface area contributed by atoms with E-state index in [-0.39, 0.29) is 34.6 Å². The van der Waals surface area contributed by atoms with Crippen LogP contribution < -0.4 is 9.47 Å². The van der Waals surface area contributed by atoms with Crippen LogP contribution in [0, 0.1) is 23.3 Å². The summed E-state index contributed by atoms with van der Waals surface area (Å²) in [7, 11) is 0. The van der Waals surface area contributed by atoms with Crippen LogP contribution >= 0.6 is 0 Å². The molecular formula is C24H16F4O5. The topological polar surface area (TPSA) is 68.9 Å². The lowest BCUT2D eigenvalue weighted by Crippen LogP contribution is -2.10. The largest absolute Gasteiger partial charge is 0.489 e. The maximum absolute atomic E-state index is 14.3. The molecule has 0 atom stereocenters. The van der Waals surface area contributed by atoms with E-state index in [1.807, 2.05) is 0 Å². The van der Waals surface area contributed by atoms with Crippen molar-refractivity contribution in [2.45, 2.75) is 13.5 Å². The molecule has 4 aromatic rings. The van der Waals surface area contributed by atoms with E-state index >= 15 is 0 Å². The van der Waals surface area contributed by atoms with E-state index < -0.39 is 47.2 Å². The molecule has 0 aliphatic carbocycles. The van der Waals surface area contributed by atoms with Gasteiger partial charge in [0, 0.05) is 10.9 Å². The van der Waals surface area contributed by atoms with E-state index in [1.165, 1.54) is 25.1 Å². The van der Waals surface area contributed by atoms with Gasteiger partial charge in [0.1, 0.15) is 29.3 Å². The molecule has 33 heavy (non-hydrogen) atoms. The fraction of sp³-hybridized carbons (Fsp3) is 0.125. The second kappa shape index (κ2) is 8.85. The highest BCUT2D eigenvalue weighted by Gasteiger charge is 2.27. The van der Waals surface area contributed by atoms with Gasteiger partial charge in [0.15, 0.2) is 17.4 Å². The van der Waals surface area contributed by atoms with Crippen LogP contribution in [0.25, 0.3) is 22.3 Å². The summed E-state index contributed by atoms with van der Waals surface area (Å²) in [5.41, 5.74) is -0.312. The van der Waals surface area contributed by atoms with Gasteiger partial charge < -0.3 is 19.0 Å². The van der Waals surface area contributed by atoms with Crippen molar-refractivity contribution in [2.24, 2.45) is 0 Å². The predicted molar refractivity (Wildman–Crippen MR) is 110 cm³/mol. The number of rotatable bonds is 7. The Bertz CT molecular complexity index is 1320. The summed E-state index contributed by atoms with van der Waals surface area (Å²) >= 11 is 0. The van der Waals surface area contributed by atoms with Crippen molar-refractivity contribution in [3.8, 4) is 22.8 Å². The summed E-state index contributed by atoms with van der Waals surface area (Å²) in [6.45, 7) is 0.367. The van der Waals surface area contributed by atoms with Crippen LogP contribution in [0.15, 0.2) is 52.9 Å². The minimum absolute atomic E-state index is 0.0129. The Morgan fingerprint density at radius 2 is 1.61 bits per heavy atom. The number of halogens is 4. The maximum Gasteiger partial charge on any atom is 0.340 e. The fourth-order valence-corrected chi connectivity index (χ4v) is 3.38. The molecule has 5 nitrogen and oxygen atoms in total. The maximum atomic E-state index is 14.3. The SMILES string of the molecule is CCOc1c(F)c(F)c(COc2ccc3oc(-c4ccccc4)c(C(=O)O)c3c2)c(F)c1F. The lowest BCUT2D eigenvalue weighted by atomic mass is 10.1. The van der Waals surface area contributed by atoms with Crippen LogP contribution in [-0.2, 0) is 6.61 Å². The summed E-state index contributed by atoms with van der Waals surface area (Å²) in [6, 6.07) is 12.7. The van der Waals surface area contributed by atoms with Crippen molar-refractivity contribution in [3.05, 3.63) is 82.9 Å². The first kappa shape index (κ1) is 22.2. The van der Waals surface area contributed by atoms with Gasteiger partial charge in [0.25, 0.3) is 0 Å². The zero-order valence-corrected chi connectivity index (χ0v) is 17.1. The normalized spacial score (nSPS) is 11.1. The lowest BCUT2D eigenvalue weighted by molar-refractivity contribution is 0.0699. The van der Waals surface area contributed by atoms with Gasteiger partial charge in [-0.3, -0.25) is 0 Å². The molecule has 0 fully saturated rings. The van der Waals surface area contributed by atoms with E-state index in [9.17, 15) is 27.5 Å². The number of carboxylic acid groups (broad SMARTS) is 1. The monoisotopic (exact) mass is 460 g/mol. The van der Waals surface area contributed by atoms with Crippen LogP contribution in [0.2, 0.25) is 0 Å². The molecule has 0 bridgehead atoms. The molecule has 0 radical (unpaired) electrons. The summed E-state index contributed by atoms with van der Waals surface area (Å²) in [6.07, 6.45) is 0. The molecule has 0 aliphatic heterocycles. The van der Waals surface area contributed by atoms with Gasteiger partial charge in [0.2, 0.25) is 11.6 Å². The number of carboxylic acids is 1. The van der Waals surface area contributed by atoms with E-state index in [4.69, 9.17) is 9.15 Å². The minimum atomic E-state index is -1.67. The lowest BCUT2D eigenvalue weighted by Gasteiger charge is -2.13. The Balaban J connectivity index is 1.70. The predicted octanol–water partition coefficient (Wildman–Crippen LogP) is 6.33. The van der Waals surface area contributed by atoms with Crippen molar-refractivity contribution in [2.75, 3.05) is 6.61 Å². The molecule has 3 aromatic carbocycles. The number of hydrogen-bond donors (Lipinski definition) is 1. The highest BCUT2D eigenvalue weighted by atomic mass is 19.2. The van der Waals surface area contributed by atoms with Crippen LogP contribution in [0.1, 0.15) is 22.8 Å². The third-order valence-corrected chi connectivity index (χ3v) is 4.90. The quantitative estimate of drug-likeness (QED) is 0.258. The molecule has 170 valence electrons. The van der Waals surface area contributed by atoms with E-state index in [0.717, 1.165) is 0 Å². The highest BCUT2D eigenvalue weighted by molar-refractivity contribution is 6.08. The highest BCUT2D eigenvalue weighted by Crippen LogP contribution is 2.36. The van der Waals surface area contributed by atoms with Crippen LogP contribution in [0.4, 0.5) is 17.6 Å². The summed E-state index contributed by atoms with van der Waals surface area (Å²) < 4.78 is 72.5. The summed E-state index contributed by atoms with van der Waals surface area (Å²) in [5.74, 6) is -8.87. The average molecular weight is 460 g/mol. The third-order valence-electron chi connectivity index (χ3n) is 4.90. The molecule has 0 spiro atoms. The number of hydrogen-bond acceptors (Lipinski definition) is 4. The van der Waals surface area contributed by atoms with Crippen LogP contribution in [0.5, 0.6) is 11.5 Å². The van der Waals surface area contributed by atoms with Gasteiger partial charge in [-0.05, 0) is 25.1 Å². The molecule has 0 aliphatic rings. The Morgan fingerprint density at radius 1 is 0.939 bits per heavy atom. The van der Waals surface area contributed by atoms with Crippen LogP contribution in [-0.4, -0.2) is 17.7 Å². The zero-order chi connectivity index (χ0) is 23.7. The van der Waals surface area contributed by atoms with Crippen molar-refractivity contribution >= 4 is 16.9 Å². The number of furan rings is 1. The third kappa shape index (κ3) is 3.97. The smallest absolute Gasteiger partial charge is 0.340 e. The second-order valence-electron chi connectivity index (χ2n) is 6.92. The minimum Gasteiger partial charge on any atom is -0.489 e. The number of benzene rings is 3. The first-order valence-corrected chi connectivity index (χ1v) is 9.79. The van der Waals surface area contributed by atoms with Crippen molar-refractivity contribution in [1.82, 2.24) is 0 Å². The van der Waals surface area contributed by atoms with Gasteiger partial charge in [-0.25, -0.2) is 13.6 Å². The molecule has 0 amide bonds. The van der Waals surface area contributed by atoms with E-state index in [0.29, 0.717) is 5.56 Å². The first-order chi connectivity index (χ1) is 15.8. The fourth-order valence-electron chi connectivity index (χ4n) is 3.38. The molecule has 1 N–H and O–H groups in total. The number of aromatic carboxylic acids is 1. The molecular weight excluding hydrogens is 444 g/mol. The number of ether oxygens (including phenoxy) is 2. The van der Waals surface area contributed by atoms with Gasteiger partial charge in [-0.2, -0.15) is 8.78 Å². The standard InChI is InChI=1S/C24H16F4O5/c1-2-31-23-20(27)18(25)15(19(26)21(23)28)11-32-13-8-9-16-14(10-13)17(24(29)30)22(33-16)12-6-4-3-5-7-12/h3-10H,2,11H2,1H3,(H,29,30). The van der Waals surface area contributed by atoms with Gasteiger partial charge >= 0.3 is 5.97 Å². The van der Waals surface area contributed by atoms with Gasteiger partial charge in [-0.15, -0.1) is 0 Å². The molecule has 0 saturated heterocycles. The van der Waals surface area contributed by atoms with E-state index in [2.05, 4.69) is 4.74 Å². The molecule has 1 heterocycles. The number of fused-ring (bicyclic) bond motifs is 1. The van der Waals surface area contributed by atoms with Crippen molar-refractivity contribution in [1.29, 1.82) is 0 Å². The molecule has 0 saturated carbocycles. The zero-order valence-electron chi connectivity index (χ0n) is 17.1. The molecule has 9 heteroatoms.